The topological polar surface area (TPSA) is 20.2 Å². The number of aliphatic hydroxyl groups is 1. The van der Waals surface area contributed by atoms with Crippen molar-refractivity contribution in [3.8, 4) is 0 Å². The molecule has 3 fully saturated rings. The van der Waals surface area contributed by atoms with E-state index in [-0.39, 0.29) is 6.10 Å². The molecule has 0 heterocycles. The number of alkyl halides is 1. The average molecular weight is 502 g/mol. The molecule has 3 aliphatic carbocycles. The van der Waals surface area contributed by atoms with Crippen LogP contribution in [0.1, 0.15) is 86.0 Å². The third-order valence-electron chi connectivity index (χ3n) is 8.63. The Morgan fingerprint density at radius 2 is 1.81 bits per heavy atom. The Bertz CT molecular complexity index is 717. The summed E-state index contributed by atoms with van der Waals surface area (Å²) in [4.78, 5) is 0. The van der Waals surface area contributed by atoms with Crippen LogP contribution in [0.4, 0.5) is 0 Å². The van der Waals surface area contributed by atoms with Crippen molar-refractivity contribution in [3.05, 3.63) is 47.6 Å². The fraction of sp³-hybridized carbons (Fsp3) is 0.724. The molecule has 32 heavy (non-hydrogen) atoms. The molecular weight excluding hydrogens is 451 g/mol. The molecule has 1 unspecified atom stereocenters. The summed E-state index contributed by atoms with van der Waals surface area (Å²) in [5.41, 5.74) is 4.61. The molecule has 1 N–H and O–H groups in total. The van der Waals surface area contributed by atoms with E-state index >= 15 is 0 Å². The van der Waals surface area contributed by atoms with E-state index in [1.165, 1.54) is 49.6 Å². The second-order valence-corrected chi connectivity index (χ2v) is 10.9. The van der Waals surface area contributed by atoms with Gasteiger partial charge in [0, 0.05) is 6.38 Å². The number of aliphatic hydroxyl groups excluding tert-OH is 1. The molecule has 0 aliphatic heterocycles. The van der Waals surface area contributed by atoms with Crippen LogP contribution in [0.3, 0.4) is 0 Å². The van der Waals surface area contributed by atoms with Crippen LogP contribution in [0.15, 0.2) is 47.6 Å². The molecule has 1 nitrogen and oxygen atoms in total. The van der Waals surface area contributed by atoms with Crippen molar-refractivity contribution >= 4 is 11.6 Å². The molecule has 0 bridgehead atoms. The van der Waals surface area contributed by atoms with Crippen molar-refractivity contribution in [2.45, 2.75) is 92.1 Å². The zero-order valence-corrected chi connectivity index (χ0v) is 23.6. The molecule has 3 rings (SSSR count). The molecule has 0 aromatic carbocycles. The number of halogens is 1. The molecule has 0 spiro atoms. The average Bonchev–Trinajstić information content (AvgIpc) is 3.17. The van der Waals surface area contributed by atoms with Gasteiger partial charge in [-0.05, 0) is 91.9 Å². The maximum absolute atomic E-state index is 10.0. The van der Waals surface area contributed by atoms with Crippen molar-refractivity contribution in [1.82, 2.24) is 0 Å². The van der Waals surface area contributed by atoms with E-state index in [1.54, 1.807) is 5.57 Å². The third kappa shape index (κ3) is 7.15. The van der Waals surface area contributed by atoms with Gasteiger partial charge in [0.05, 0.1) is 6.10 Å². The van der Waals surface area contributed by atoms with E-state index in [4.69, 9.17) is 1.76 Å². The Kier molecular flexibility index (Phi) is 11.2. The van der Waals surface area contributed by atoms with Crippen LogP contribution < -0.4 is 0 Å². The number of fused-ring (bicyclic) bond motifs is 1. The summed E-state index contributed by atoms with van der Waals surface area (Å²) in [6.07, 6.45) is 20.2. The molecular formula is C29H49ClOV. The molecule has 0 aromatic heterocycles. The van der Waals surface area contributed by atoms with Crippen molar-refractivity contribution in [2.75, 3.05) is 6.38 Å². The van der Waals surface area contributed by atoms with Gasteiger partial charge in [0.15, 0.2) is 0 Å². The quantitative estimate of drug-likeness (QED) is 0.299. The number of allylic oxidation sites excluding steroid dienone is 6. The summed E-state index contributed by atoms with van der Waals surface area (Å²) in [5, 5.41) is 10.0. The molecule has 6 atom stereocenters. The summed E-state index contributed by atoms with van der Waals surface area (Å²) in [6.45, 7) is 16.3. The maximum atomic E-state index is 10.0. The summed E-state index contributed by atoms with van der Waals surface area (Å²) in [7, 11) is 0. The van der Waals surface area contributed by atoms with Gasteiger partial charge < -0.3 is 5.11 Å². The van der Waals surface area contributed by atoms with Crippen LogP contribution in [-0.2, 0) is 18.3 Å². The zero-order valence-electron chi connectivity index (χ0n) is 23.4. The summed E-state index contributed by atoms with van der Waals surface area (Å²) < 4.78 is 11.9. The number of rotatable bonds is 5. The minimum absolute atomic E-state index is 0.182. The first-order valence-electron chi connectivity index (χ1n) is 13.4. The van der Waals surface area contributed by atoms with Gasteiger partial charge in [-0.3, -0.25) is 0 Å². The van der Waals surface area contributed by atoms with Gasteiger partial charge in [-0.15, -0.1) is 11.6 Å². The SMILES string of the molecule is C=C1CC[C@H](O)C/C1=C/C=C1\CCC[C@@]2(C)C1CC[C@@H]2[C@H](C)/C=C/[C@H](C)C(C)C.CCl.[2H][V][2H]. The molecule has 0 saturated heterocycles. The Hall–Kier alpha value is -0.206. The Balaban J connectivity index is 0.00000107. The van der Waals surface area contributed by atoms with Crippen LogP contribution in [0.2, 0.25) is 0 Å². The van der Waals surface area contributed by atoms with Crippen molar-refractivity contribution in [3.63, 3.8) is 0 Å². The molecule has 0 amide bonds. The standard InChI is InChI=1S/C28H44O.CH3Cl.V.2H/c1-19(2)20(3)9-10-22(5)26-15-16-27-23(8-7-17-28(26,27)6)12-13-24-18-25(29)14-11-21(24)4;1-2;;;/h9-10,12-13,19-20,22,25-27,29H,4,7-8,11,14-18H2,1-3,5-6H3;1H3;;;/b10-9+,23-12+,24-13-;;;;/t20-,22+,25-,26+,27?,28+;;;;/m0..../s1/i;;;2*1+1. The third-order valence-corrected chi connectivity index (χ3v) is 8.63. The van der Waals surface area contributed by atoms with Crippen molar-refractivity contribution < 1.29 is 23.4 Å². The zero-order chi connectivity index (χ0) is 25.9. The monoisotopic (exact) mass is 501 g/mol. The Labute approximate surface area is 217 Å². The molecule has 183 valence electrons. The van der Waals surface area contributed by atoms with E-state index in [9.17, 15) is 5.11 Å². The molecule has 0 aromatic rings. The van der Waals surface area contributed by atoms with Gasteiger partial charge >= 0.3 is 20.0 Å². The summed E-state index contributed by atoms with van der Waals surface area (Å²) >= 11 is 3.83. The van der Waals surface area contributed by atoms with E-state index in [2.05, 4.69) is 77.1 Å². The van der Waals surface area contributed by atoms with Gasteiger partial charge in [-0.25, -0.2) is 0 Å². The fourth-order valence-electron chi connectivity index (χ4n) is 6.25. The summed E-state index contributed by atoms with van der Waals surface area (Å²) in [6, 6.07) is 0. The van der Waals surface area contributed by atoms with Gasteiger partial charge in [0.2, 0.25) is 0 Å². The first-order chi connectivity index (χ1) is 16.1. The van der Waals surface area contributed by atoms with Crippen LogP contribution in [-0.4, -0.2) is 19.4 Å². The molecule has 3 saturated carbocycles. The van der Waals surface area contributed by atoms with Crippen molar-refractivity contribution in [1.29, 1.82) is 1.76 Å². The first-order valence-corrected chi connectivity index (χ1v) is 13.3. The Morgan fingerprint density at radius 3 is 2.47 bits per heavy atom. The van der Waals surface area contributed by atoms with Crippen molar-refractivity contribution in [2.24, 2.45) is 35.0 Å². The molecule has 3 aliphatic rings. The van der Waals surface area contributed by atoms with E-state index in [1.807, 2.05) is 0 Å². The molecule has 0 radical (unpaired) electrons. The van der Waals surface area contributed by atoms with Crippen LogP contribution >= 0.6 is 11.6 Å². The van der Waals surface area contributed by atoms with Gasteiger partial charge in [-0.2, -0.15) is 0 Å². The normalized spacial score (nSPS) is 35.3. The van der Waals surface area contributed by atoms with Crippen LogP contribution in [0, 0.1) is 35.0 Å². The van der Waals surface area contributed by atoms with Gasteiger partial charge in [0.1, 0.15) is 0 Å². The summed E-state index contributed by atoms with van der Waals surface area (Å²) in [5.74, 6) is 3.58. The fourth-order valence-corrected chi connectivity index (χ4v) is 6.25. The van der Waals surface area contributed by atoms with E-state index < -0.39 is 18.3 Å². The van der Waals surface area contributed by atoms with Crippen LogP contribution in [0.5, 0.6) is 0 Å². The van der Waals surface area contributed by atoms with E-state index in [0.717, 1.165) is 37.0 Å². The Morgan fingerprint density at radius 1 is 1.12 bits per heavy atom. The van der Waals surface area contributed by atoms with E-state index in [0.29, 0.717) is 17.3 Å². The number of hydrogen-bond acceptors (Lipinski definition) is 1. The predicted octanol–water partition coefficient (Wildman–Crippen LogP) is 7.96. The second kappa shape index (κ2) is 13.6. The van der Waals surface area contributed by atoms with Crippen LogP contribution in [0.25, 0.3) is 0 Å². The second-order valence-electron chi connectivity index (χ2n) is 10.9. The predicted molar refractivity (Wildman–Crippen MR) is 140 cm³/mol. The van der Waals surface area contributed by atoms with Gasteiger partial charge in [0.25, 0.3) is 0 Å². The van der Waals surface area contributed by atoms with Gasteiger partial charge in [-0.1, -0.05) is 76.6 Å². The number of hydrogen-bond donors (Lipinski definition) is 1. The molecule has 3 heteroatoms. The minimum atomic E-state index is -0.812. The first kappa shape index (κ1) is 26.4.